The summed E-state index contributed by atoms with van der Waals surface area (Å²) in [5.74, 6) is -2.91. The van der Waals surface area contributed by atoms with Crippen molar-refractivity contribution in [3.63, 3.8) is 0 Å². The van der Waals surface area contributed by atoms with Crippen LogP contribution in [-0.2, 0) is 9.59 Å². The molecule has 0 aliphatic heterocycles. The number of hydrogen-bond acceptors (Lipinski definition) is 5. The van der Waals surface area contributed by atoms with Crippen molar-refractivity contribution < 1.29 is 14.7 Å². The lowest BCUT2D eigenvalue weighted by atomic mass is 10.2. The lowest BCUT2D eigenvalue weighted by Gasteiger charge is -2.11. The summed E-state index contributed by atoms with van der Waals surface area (Å²) in [4.78, 5) is 21.8. The Morgan fingerprint density at radius 2 is 2.05 bits per heavy atom. The number of tetrazole rings is 1. The number of carbonyl (C=O) groups is 2. The quantitative estimate of drug-likeness (QED) is 0.800. The summed E-state index contributed by atoms with van der Waals surface area (Å²) in [6.07, 6.45) is 1.26. The predicted molar refractivity (Wildman–Crippen MR) is 65.4 cm³/mol. The summed E-state index contributed by atoms with van der Waals surface area (Å²) >= 11 is 11.8. The number of aliphatic carboxylic acids is 1. The monoisotopic (exact) mass is 301 g/mol. The highest BCUT2D eigenvalue weighted by atomic mass is 35.5. The fourth-order valence-electron chi connectivity index (χ4n) is 1.29. The zero-order valence-corrected chi connectivity index (χ0v) is 10.6. The highest BCUT2D eigenvalue weighted by Gasteiger charge is 2.19. The maximum absolute atomic E-state index is 11.2. The summed E-state index contributed by atoms with van der Waals surface area (Å²) in [6, 6.07) is 2.96. The minimum atomic E-state index is -1.65. The highest BCUT2D eigenvalue weighted by molar-refractivity contribution is 6.45. The molecule has 0 saturated heterocycles. The number of aromatic nitrogens is 4. The molecule has 2 N–H and O–H groups in total. The second-order valence-corrected chi connectivity index (χ2v) is 4.05. The zero-order chi connectivity index (χ0) is 14.0. The first-order valence-electron chi connectivity index (χ1n) is 4.76. The molecule has 1 aromatic carbocycles. The van der Waals surface area contributed by atoms with Gasteiger partial charge in [-0.25, -0.2) is 4.79 Å². The normalized spacial score (nSPS) is 10.2. The minimum Gasteiger partial charge on any atom is -0.474 e. The molecular weight excluding hydrogens is 297 g/mol. The number of halogens is 2. The van der Waals surface area contributed by atoms with Gasteiger partial charge in [0.2, 0.25) is 0 Å². The van der Waals surface area contributed by atoms with Gasteiger partial charge in [-0.3, -0.25) is 4.79 Å². The van der Waals surface area contributed by atoms with Crippen molar-refractivity contribution >= 4 is 40.8 Å². The van der Waals surface area contributed by atoms with E-state index >= 15 is 0 Å². The van der Waals surface area contributed by atoms with Crippen molar-refractivity contribution in [2.75, 3.05) is 5.32 Å². The molecule has 2 aromatic rings. The Kier molecular flexibility index (Phi) is 3.63. The number of nitrogens with zero attached hydrogens (tertiary/aromatic N) is 4. The maximum atomic E-state index is 11.2. The molecule has 0 unspecified atom stereocenters. The van der Waals surface area contributed by atoms with Crippen LogP contribution in [0, 0.1) is 0 Å². The summed E-state index contributed by atoms with van der Waals surface area (Å²) in [7, 11) is 0. The van der Waals surface area contributed by atoms with E-state index in [-0.39, 0.29) is 21.4 Å². The van der Waals surface area contributed by atoms with Crippen molar-refractivity contribution in [2.45, 2.75) is 0 Å². The predicted octanol–water partition coefficient (Wildman–Crippen LogP) is 0.992. The third kappa shape index (κ3) is 2.64. The number of amides is 1. The Hall–Kier alpha value is -2.19. The van der Waals surface area contributed by atoms with E-state index in [9.17, 15) is 9.59 Å². The van der Waals surface area contributed by atoms with Crippen LogP contribution in [0.3, 0.4) is 0 Å². The number of carboxylic acids is 1. The molecule has 0 spiro atoms. The molecule has 0 fully saturated rings. The first-order valence-corrected chi connectivity index (χ1v) is 5.52. The Bertz CT molecular complexity index is 644. The van der Waals surface area contributed by atoms with Crippen molar-refractivity contribution in [3.8, 4) is 5.69 Å². The van der Waals surface area contributed by atoms with E-state index in [1.807, 2.05) is 0 Å². The van der Waals surface area contributed by atoms with E-state index in [1.165, 1.54) is 23.1 Å². The smallest absolute Gasteiger partial charge is 0.394 e. The molecule has 8 nitrogen and oxygen atoms in total. The number of rotatable bonds is 2. The van der Waals surface area contributed by atoms with Crippen LogP contribution in [0.4, 0.5) is 5.69 Å². The third-order valence-electron chi connectivity index (χ3n) is 2.10. The standard InChI is InChI=1S/C9H5Cl2N5O3/c10-4-1-2-5(16-3-12-14-15-16)7(6(4)11)13-8(17)9(18)19/h1-3H,(H,13,17)(H,18,19). The number of nitrogens with one attached hydrogen (secondary N) is 1. The molecular formula is C9H5Cl2N5O3. The van der Waals surface area contributed by atoms with Gasteiger partial charge < -0.3 is 10.4 Å². The van der Waals surface area contributed by atoms with Gasteiger partial charge in [-0.1, -0.05) is 23.2 Å². The molecule has 2 rings (SSSR count). The summed E-state index contributed by atoms with van der Waals surface area (Å²) < 4.78 is 1.21. The van der Waals surface area contributed by atoms with Crippen LogP contribution in [0.1, 0.15) is 0 Å². The third-order valence-corrected chi connectivity index (χ3v) is 2.91. The lowest BCUT2D eigenvalue weighted by Crippen LogP contribution is -2.23. The number of carboxylic acid groups (broad SMARTS) is 1. The van der Waals surface area contributed by atoms with Gasteiger partial charge in [0.1, 0.15) is 6.33 Å². The molecule has 10 heteroatoms. The Morgan fingerprint density at radius 3 is 2.63 bits per heavy atom. The average Bonchev–Trinajstić information content (AvgIpc) is 2.88. The number of anilines is 1. The second-order valence-electron chi connectivity index (χ2n) is 3.27. The van der Waals surface area contributed by atoms with E-state index in [1.54, 1.807) is 0 Å². The number of carbonyl (C=O) groups excluding carboxylic acids is 1. The topological polar surface area (TPSA) is 110 Å². The molecule has 1 heterocycles. The van der Waals surface area contributed by atoms with Gasteiger partial charge in [0.05, 0.1) is 21.4 Å². The fraction of sp³-hybridized carbons (Fsp3) is 0. The molecule has 0 radical (unpaired) electrons. The molecule has 0 atom stereocenters. The summed E-state index contributed by atoms with van der Waals surface area (Å²) in [6.45, 7) is 0. The summed E-state index contributed by atoms with van der Waals surface area (Å²) in [5.41, 5.74) is 0.294. The lowest BCUT2D eigenvalue weighted by molar-refractivity contribution is -0.147. The van der Waals surface area contributed by atoms with Gasteiger partial charge in [-0.15, -0.1) is 5.10 Å². The van der Waals surface area contributed by atoms with Crippen LogP contribution in [0.2, 0.25) is 10.0 Å². The Labute approximate surface area is 115 Å². The summed E-state index contributed by atoms with van der Waals surface area (Å²) in [5, 5.41) is 21.4. The molecule has 0 bridgehead atoms. The van der Waals surface area contributed by atoms with Crippen molar-refractivity contribution in [3.05, 3.63) is 28.5 Å². The van der Waals surface area contributed by atoms with Crippen molar-refractivity contribution in [1.29, 1.82) is 0 Å². The largest absolute Gasteiger partial charge is 0.474 e. The van der Waals surface area contributed by atoms with Crippen LogP contribution < -0.4 is 5.32 Å². The Morgan fingerprint density at radius 1 is 1.32 bits per heavy atom. The van der Waals surface area contributed by atoms with Crippen LogP contribution in [0.5, 0.6) is 0 Å². The average molecular weight is 302 g/mol. The van der Waals surface area contributed by atoms with Crippen LogP contribution in [0.15, 0.2) is 18.5 Å². The highest BCUT2D eigenvalue weighted by Crippen LogP contribution is 2.34. The first-order chi connectivity index (χ1) is 9.00. The number of hydrogen-bond donors (Lipinski definition) is 2. The molecule has 1 aromatic heterocycles. The molecule has 0 aliphatic carbocycles. The van der Waals surface area contributed by atoms with Gasteiger partial charge in [0.15, 0.2) is 0 Å². The molecule has 0 saturated carbocycles. The second kappa shape index (κ2) is 5.21. The minimum absolute atomic E-state index is 0.00821. The van der Waals surface area contributed by atoms with Gasteiger partial charge in [0, 0.05) is 0 Å². The maximum Gasteiger partial charge on any atom is 0.394 e. The van der Waals surface area contributed by atoms with E-state index in [2.05, 4.69) is 20.8 Å². The zero-order valence-electron chi connectivity index (χ0n) is 9.04. The SMILES string of the molecule is O=C(O)C(=O)Nc1c(-n2cnnn2)ccc(Cl)c1Cl. The van der Waals surface area contributed by atoms with Crippen LogP contribution in [-0.4, -0.2) is 37.2 Å². The Balaban J connectivity index is 2.53. The molecule has 1 amide bonds. The van der Waals surface area contributed by atoms with E-state index in [0.29, 0.717) is 0 Å². The van der Waals surface area contributed by atoms with Crippen molar-refractivity contribution in [1.82, 2.24) is 20.2 Å². The van der Waals surface area contributed by atoms with Gasteiger partial charge >= 0.3 is 11.9 Å². The van der Waals surface area contributed by atoms with E-state index in [4.69, 9.17) is 28.3 Å². The van der Waals surface area contributed by atoms with Crippen LogP contribution in [0.25, 0.3) is 5.69 Å². The van der Waals surface area contributed by atoms with Crippen LogP contribution >= 0.6 is 23.2 Å². The molecule has 98 valence electrons. The van der Waals surface area contributed by atoms with Crippen molar-refractivity contribution in [2.24, 2.45) is 0 Å². The van der Waals surface area contributed by atoms with Gasteiger partial charge in [-0.05, 0) is 22.6 Å². The fourth-order valence-corrected chi connectivity index (χ4v) is 1.65. The first kappa shape index (κ1) is 13.2. The number of benzene rings is 1. The van der Waals surface area contributed by atoms with E-state index < -0.39 is 11.9 Å². The van der Waals surface area contributed by atoms with E-state index in [0.717, 1.165) is 0 Å². The van der Waals surface area contributed by atoms with Gasteiger partial charge in [-0.2, -0.15) is 4.68 Å². The molecule has 19 heavy (non-hydrogen) atoms. The molecule has 0 aliphatic rings. The van der Waals surface area contributed by atoms with Gasteiger partial charge in [0.25, 0.3) is 0 Å².